The van der Waals surface area contributed by atoms with Crippen molar-refractivity contribution < 1.29 is 29.3 Å². The molecule has 4 N–H and O–H groups in total. The molecule has 0 bridgehead atoms. The van der Waals surface area contributed by atoms with Gasteiger partial charge >= 0.3 is 0 Å². The van der Waals surface area contributed by atoms with E-state index >= 15 is 4.79 Å². The summed E-state index contributed by atoms with van der Waals surface area (Å²) in [5.41, 5.74) is 8.62. The summed E-state index contributed by atoms with van der Waals surface area (Å²) in [6.45, 7) is 21.4. The molecule has 1 aromatic carbocycles. The van der Waals surface area contributed by atoms with Crippen molar-refractivity contribution in [1.82, 2.24) is 14.9 Å². The zero-order valence-electron chi connectivity index (χ0n) is 46.5. The van der Waals surface area contributed by atoms with E-state index in [0.717, 1.165) is 102 Å². The Bertz CT molecular complexity index is 2580. The molecule has 5 heterocycles. The van der Waals surface area contributed by atoms with Crippen LogP contribution in [0.3, 0.4) is 0 Å². The van der Waals surface area contributed by atoms with Crippen LogP contribution in [0.5, 0.6) is 0 Å². The first-order valence-corrected chi connectivity index (χ1v) is 29.7. The summed E-state index contributed by atoms with van der Waals surface area (Å²) in [6.07, 6.45) is 22.1. The van der Waals surface area contributed by atoms with Crippen LogP contribution in [0.4, 0.5) is 0 Å². The van der Waals surface area contributed by atoms with Crippen molar-refractivity contribution in [1.29, 1.82) is 0 Å². The van der Waals surface area contributed by atoms with Gasteiger partial charge in [0.2, 0.25) is 0 Å². The van der Waals surface area contributed by atoms with Crippen LogP contribution in [0.15, 0.2) is 41.7 Å². The van der Waals surface area contributed by atoms with Crippen LogP contribution in [0.25, 0.3) is 11.0 Å². The maximum absolute atomic E-state index is 16.4. The Kier molecular flexibility index (Phi) is 13.6. The number of carbonyl (C=O) groups is 2. The molecule has 0 radical (unpaired) electrons. The number of nitrogens with zero attached hydrogens (tertiary/aromatic N) is 1. The molecule has 73 heavy (non-hydrogen) atoms. The van der Waals surface area contributed by atoms with Gasteiger partial charge in [0, 0.05) is 73.2 Å². The molecule has 5 aliphatic carbocycles. The maximum atomic E-state index is 16.4. The number of Topliss-reactive ketones (excluding diaryl/α,β-unsaturated/α-hetero) is 2. The molecule has 6 fully saturated rings. The van der Waals surface area contributed by atoms with Gasteiger partial charge in [0.1, 0.15) is 11.9 Å². The highest BCUT2D eigenvalue weighted by molar-refractivity contribution is 6.03. The third kappa shape index (κ3) is 8.29. The SMILES string of the molecule is CCCCC[C@@H]1C(=O)C2=C3[C@@H](Cn4cc(Cc5cc(C6CCCCC6)cc(C6CCOCC6)c5)c5[nH]cc(c54)CC[C@@]2(C)C[C@@H](O)[C@H]2OC2(C)C)[C@@H](O)[C@@H]2[C@]4(C)CCC(=O)[C@@](C)(CCNC)[C@@H]4CC[C@]2(C)[C@]31C. The number of ether oxygens (including phenoxy) is 2. The molecule has 9 nitrogen and oxygen atoms in total. The molecule has 8 aliphatic rings. The molecule has 3 aromatic rings. The van der Waals surface area contributed by atoms with Gasteiger partial charge in [-0.3, -0.25) is 9.59 Å². The summed E-state index contributed by atoms with van der Waals surface area (Å²) >= 11 is 0. The Labute approximate surface area is 438 Å². The summed E-state index contributed by atoms with van der Waals surface area (Å²) < 4.78 is 14.6. The number of aliphatic hydroxyl groups excluding tert-OH is 2. The number of aromatic amines is 1. The van der Waals surface area contributed by atoms with Crippen LogP contribution in [0, 0.1) is 50.7 Å². The molecule has 12 atom stereocenters. The number of ketones is 2. The summed E-state index contributed by atoms with van der Waals surface area (Å²) in [7, 11) is 1.99. The molecular formula is C64H93N3O6. The number of hydrogen-bond acceptors (Lipinski definition) is 7. The Morgan fingerprint density at radius 2 is 1.60 bits per heavy atom. The number of epoxide rings is 1. The van der Waals surface area contributed by atoms with E-state index in [0.29, 0.717) is 43.4 Å². The number of rotatable bonds is 14. The third-order valence-corrected chi connectivity index (χ3v) is 22.9. The zero-order chi connectivity index (χ0) is 51.5. The first kappa shape index (κ1) is 52.0. The number of nitrogens with one attached hydrogen (secondary N) is 2. The van der Waals surface area contributed by atoms with E-state index in [1.54, 1.807) is 0 Å². The van der Waals surface area contributed by atoms with E-state index in [2.05, 4.69) is 101 Å². The first-order valence-electron chi connectivity index (χ1n) is 29.7. The smallest absolute Gasteiger partial charge is 0.163 e. The number of allylic oxidation sites excluding steroid dienone is 1. The van der Waals surface area contributed by atoms with Gasteiger partial charge in [-0.15, -0.1) is 0 Å². The van der Waals surface area contributed by atoms with Crippen molar-refractivity contribution in [3.05, 3.63) is 69.6 Å². The van der Waals surface area contributed by atoms with E-state index in [1.807, 2.05) is 7.05 Å². The molecular weight excluding hydrogens is 907 g/mol. The molecule has 400 valence electrons. The largest absolute Gasteiger partial charge is 0.392 e. The van der Waals surface area contributed by atoms with Crippen LogP contribution in [-0.4, -0.2) is 82.0 Å². The fraction of sp³-hybridized carbons (Fsp3) is 0.750. The lowest BCUT2D eigenvalue weighted by atomic mass is 9.33. The number of H-pyrrole nitrogens is 1. The molecule has 0 spiro atoms. The normalized spacial score (nSPS) is 38.1. The monoisotopic (exact) mass is 1000 g/mol. The summed E-state index contributed by atoms with van der Waals surface area (Å²) in [5, 5.41) is 29.8. The van der Waals surface area contributed by atoms with Crippen molar-refractivity contribution in [3.63, 3.8) is 0 Å². The summed E-state index contributed by atoms with van der Waals surface area (Å²) in [6, 6.07) is 7.61. The Morgan fingerprint density at radius 3 is 2.29 bits per heavy atom. The molecule has 0 unspecified atom stereocenters. The van der Waals surface area contributed by atoms with Crippen LogP contribution in [0.2, 0.25) is 0 Å². The highest BCUT2D eigenvalue weighted by Crippen LogP contribution is 2.77. The minimum absolute atomic E-state index is 0.122. The van der Waals surface area contributed by atoms with Crippen LogP contribution in [-0.2, 0) is 38.4 Å². The van der Waals surface area contributed by atoms with E-state index in [9.17, 15) is 15.0 Å². The number of carbonyl (C=O) groups excluding carboxylic acids is 2. The second-order valence-corrected chi connectivity index (χ2v) is 27.4. The topological polar surface area (TPSA) is 129 Å². The minimum Gasteiger partial charge on any atom is -0.392 e. The summed E-state index contributed by atoms with van der Waals surface area (Å²) in [5.74, 6) is 1.23. The standard InChI is InChI=1S/C64H93N3O6/c1-10-11-13-18-47-56(71)52-51-46(55(70)57-62(6)25-21-50(69)61(5,27-28-65-9)49(62)20-26-63(57,7)64(47,51)8)38-67-37-45(53-54(67)42(36-66-53)19-24-60(52,4)35-48(68)58-59(2,3)73-58)33-39-31-43(40-16-14-12-15-17-40)34-44(32-39)41-22-29-72-30-23-41/h31-32,34,36-37,40-41,46-49,55,57-58,65-66,68,70H,10-30,33,35,38H2,1-9H3/t46-,47-,48-,49+,55-,57-,58-,60+,61+,62-,63+,64+/m1/s1. The van der Waals surface area contributed by atoms with Gasteiger partial charge in [-0.25, -0.2) is 0 Å². The Balaban J connectivity index is 1.08. The molecule has 2 saturated heterocycles. The molecule has 4 saturated carbocycles. The Hall–Kier alpha value is -3.08. The summed E-state index contributed by atoms with van der Waals surface area (Å²) in [4.78, 5) is 34.6. The van der Waals surface area contributed by atoms with Crippen molar-refractivity contribution in [2.24, 2.45) is 50.7 Å². The zero-order valence-corrected chi connectivity index (χ0v) is 46.5. The van der Waals surface area contributed by atoms with Crippen molar-refractivity contribution >= 4 is 22.6 Å². The van der Waals surface area contributed by atoms with Gasteiger partial charge in [0.15, 0.2) is 5.78 Å². The highest BCUT2D eigenvalue weighted by atomic mass is 16.6. The maximum Gasteiger partial charge on any atom is 0.163 e. The number of fused-ring (bicyclic) bond motifs is 4. The first-order chi connectivity index (χ1) is 34.8. The average molecular weight is 1000 g/mol. The lowest BCUT2D eigenvalue weighted by molar-refractivity contribution is -0.229. The fourth-order valence-corrected chi connectivity index (χ4v) is 18.9. The fourth-order valence-electron chi connectivity index (χ4n) is 18.9. The van der Waals surface area contributed by atoms with E-state index < -0.39 is 39.5 Å². The van der Waals surface area contributed by atoms with Gasteiger partial charge in [-0.1, -0.05) is 98.3 Å². The van der Waals surface area contributed by atoms with E-state index in [1.165, 1.54) is 76.5 Å². The molecule has 11 rings (SSSR count). The van der Waals surface area contributed by atoms with Gasteiger partial charge in [0.05, 0.1) is 28.8 Å². The number of unbranched alkanes of at least 4 members (excludes halogenated alkanes) is 2. The average Bonchev–Trinajstić information content (AvgIpc) is 3.63. The molecule has 3 aliphatic heterocycles. The highest BCUT2D eigenvalue weighted by Gasteiger charge is 2.75. The number of benzene rings is 1. The van der Waals surface area contributed by atoms with Gasteiger partial charge in [0.25, 0.3) is 0 Å². The molecule has 0 amide bonds. The number of hydrogen-bond donors (Lipinski definition) is 4. The minimum atomic E-state index is -0.739. The number of aryl methyl sites for hydroxylation is 1. The van der Waals surface area contributed by atoms with E-state index in [-0.39, 0.29) is 41.0 Å². The van der Waals surface area contributed by atoms with Gasteiger partial charge in [-0.05, 0) is 178 Å². The lowest BCUT2D eigenvalue weighted by Crippen LogP contribution is -2.69. The van der Waals surface area contributed by atoms with Crippen LogP contribution in [0.1, 0.15) is 211 Å². The molecule has 2 aromatic heterocycles. The predicted molar refractivity (Wildman–Crippen MR) is 291 cm³/mol. The van der Waals surface area contributed by atoms with Crippen LogP contribution < -0.4 is 5.32 Å². The van der Waals surface area contributed by atoms with Gasteiger partial charge in [-0.2, -0.15) is 0 Å². The second-order valence-electron chi connectivity index (χ2n) is 27.4. The Morgan fingerprint density at radius 1 is 0.890 bits per heavy atom. The third-order valence-electron chi connectivity index (χ3n) is 22.9. The van der Waals surface area contributed by atoms with E-state index in [4.69, 9.17) is 9.47 Å². The van der Waals surface area contributed by atoms with Crippen molar-refractivity contribution in [3.8, 4) is 0 Å². The number of aliphatic hydroxyl groups is 2. The lowest BCUT2D eigenvalue weighted by Gasteiger charge is -2.71. The van der Waals surface area contributed by atoms with Crippen LogP contribution >= 0.6 is 0 Å². The van der Waals surface area contributed by atoms with Crippen molar-refractivity contribution in [2.45, 2.75) is 226 Å². The van der Waals surface area contributed by atoms with Crippen molar-refractivity contribution in [2.75, 3.05) is 26.8 Å². The molecule has 9 heteroatoms. The second kappa shape index (κ2) is 19.1. The van der Waals surface area contributed by atoms with Gasteiger partial charge < -0.3 is 34.6 Å². The number of aromatic nitrogens is 2. The quantitative estimate of drug-likeness (QED) is 0.0935. The predicted octanol–water partition coefficient (Wildman–Crippen LogP) is 12.5.